The molecule has 1 atom stereocenters. The molecule has 1 saturated heterocycles. The number of nitrogens with two attached hydrogens (primary N) is 1. The van der Waals surface area contributed by atoms with Gasteiger partial charge in [-0.1, -0.05) is 31.3 Å². The van der Waals surface area contributed by atoms with Crippen LogP contribution < -0.4 is 5.73 Å². The van der Waals surface area contributed by atoms with Crippen molar-refractivity contribution in [2.45, 2.75) is 45.1 Å². The van der Waals surface area contributed by atoms with Gasteiger partial charge in [-0.25, -0.2) is 0 Å². The molecule has 19 heavy (non-hydrogen) atoms. The second kappa shape index (κ2) is 5.77. The van der Waals surface area contributed by atoms with Crippen LogP contribution >= 0.6 is 0 Å². The maximum absolute atomic E-state index is 12.7. The van der Waals surface area contributed by atoms with Crippen LogP contribution in [0.4, 0.5) is 0 Å². The van der Waals surface area contributed by atoms with Gasteiger partial charge in [0.1, 0.15) is 6.10 Å². The maximum atomic E-state index is 12.7. The van der Waals surface area contributed by atoms with Crippen molar-refractivity contribution in [1.82, 2.24) is 4.90 Å². The SMILES string of the molecule is CC1(C(=O)N2CCOC(C(N)=NO)C2)CCCCC1. The number of oxime groups is 1. The number of hydrogen-bond donors (Lipinski definition) is 2. The Kier molecular flexibility index (Phi) is 4.29. The molecule has 108 valence electrons. The minimum absolute atomic E-state index is 0.0336. The zero-order chi connectivity index (χ0) is 13.9. The molecule has 1 aliphatic carbocycles. The second-order valence-electron chi connectivity index (χ2n) is 5.76. The van der Waals surface area contributed by atoms with Gasteiger partial charge in [0, 0.05) is 12.0 Å². The Balaban J connectivity index is 2.02. The summed E-state index contributed by atoms with van der Waals surface area (Å²) in [7, 11) is 0. The van der Waals surface area contributed by atoms with Crippen LogP contribution in [0.5, 0.6) is 0 Å². The van der Waals surface area contributed by atoms with Gasteiger partial charge in [-0.05, 0) is 12.8 Å². The van der Waals surface area contributed by atoms with Crippen LogP contribution in [0.25, 0.3) is 0 Å². The predicted molar refractivity (Wildman–Crippen MR) is 70.9 cm³/mol. The zero-order valence-corrected chi connectivity index (χ0v) is 11.5. The largest absolute Gasteiger partial charge is 0.409 e. The van der Waals surface area contributed by atoms with E-state index in [0.717, 1.165) is 25.7 Å². The zero-order valence-electron chi connectivity index (χ0n) is 11.5. The second-order valence-corrected chi connectivity index (χ2v) is 5.76. The normalized spacial score (nSPS) is 28.2. The Bertz CT molecular complexity index is 364. The lowest BCUT2D eigenvalue weighted by Gasteiger charge is -2.40. The molecule has 0 spiro atoms. The first-order valence-corrected chi connectivity index (χ1v) is 6.95. The first-order chi connectivity index (χ1) is 9.07. The predicted octanol–water partition coefficient (Wildman–Crippen LogP) is 0.931. The number of amides is 1. The van der Waals surface area contributed by atoms with Crippen molar-refractivity contribution >= 4 is 11.7 Å². The minimum atomic E-state index is -0.491. The number of morpholine rings is 1. The molecule has 1 saturated carbocycles. The summed E-state index contributed by atoms with van der Waals surface area (Å²) in [6, 6.07) is 0. The highest BCUT2D eigenvalue weighted by Crippen LogP contribution is 2.37. The van der Waals surface area contributed by atoms with Crippen LogP contribution in [0.1, 0.15) is 39.0 Å². The number of carbonyl (C=O) groups is 1. The van der Waals surface area contributed by atoms with Crippen LogP contribution in [0, 0.1) is 5.41 Å². The monoisotopic (exact) mass is 269 g/mol. The van der Waals surface area contributed by atoms with Crippen molar-refractivity contribution in [2.75, 3.05) is 19.7 Å². The van der Waals surface area contributed by atoms with E-state index in [1.165, 1.54) is 6.42 Å². The fraction of sp³-hybridized carbons (Fsp3) is 0.846. The van der Waals surface area contributed by atoms with E-state index in [1.54, 1.807) is 4.90 Å². The molecule has 6 nitrogen and oxygen atoms in total. The highest BCUT2D eigenvalue weighted by Gasteiger charge is 2.39. The van der Waals surface area contributed by atoms with Gasteiger partial charge in [0.2, 0.25) is 5.91 Å². The lowest BCUT2D eigenvalue weighted by atomic mass is 9.74. The third kappa shape index (κ3) is 3.00. The van der Waals surface area contributed by atoms with Gasteiger partial charge in [0.05, 0.1) is 13.2 Å². The fourth-order valence-electron chi connectivity index (χ4n) is 3.00. The Morgan fingerprint density at radius 1 is 1.42 bits per heavy atom. The average Bonchev–Trinajstić information content (AvgIpc) is 2.46. The standard InChI is InChI=1S/C13H23N3O3/c1-13(5-3-2-4-6-13)12(17)16-7-8-19-10(9-16)11(14)15-18/h10,18H,2-9H2,1H3,(H2,14,15). The Hall–Kier alpha value is -1.30. The van der Waals surface area contributed by atoms with Gasteiger partial charge in [-0.3, -0.25) is 4.79 Å². The molecule has 1 unspecified atom stereocenters. The van der Waals surface area contributed by atoms with Gasteiger partial charge >= 0.3 is 0 Å². The van der Waals surface area contributed by atoms with Crippen molar-refractivity contribution in [1.29, 1.82) is 0 Å². The third-order valence-electron chi connectivity index (χ3n) is 4.27. The highest BCUT2D eigenvalue weighted by molar-refractivity contribution is 5.87. The lowest BCUT2D eigenvalue weighted by Crippen LogP contribution is -2.54. The molecular weight excluding hydrogens is 246 g/mol. The maximum Gasteiger partial charge on any atom is 0.228 e. The number of rotatable bonds is 2. The van der Waals surface area contributed by atoms with Crippen LogP contribution in [-0.4, -0.2) is 47.7 Å². The van der Waals surface area contributed by atoms with E-state index in [-0.39, 0.29) is 17.2 Å². The molecule has 0 bridgehead atoms. The van der Waals surface area contributed by atoms with Gasteiger partial charge < -0.3 is 20.6 Å². The summed E-state index contributed by atoms with van der Waals surface area (Å²) < 4.78 is 5.42. The average molecular weight is 269 g/mol. The van der Waals surface area contributed by atoms with Crippen molar-refractivity contribution < 1.29 is 14.7 Å². The van der Waals surface area contributed by atoms with Gasteiger partial charge in [0.25, 0.3) is 0 Å². The molecule has 0 radical (unpaired) electrons. The first kappa shape index (κ1) is 14.1. The quantitative estimate of drug-likeness (QED) is 0.338. The van der Waals surface area contributed by atoms with Crippen LogP contribution in [0.3, 0.4) is 0 Å². The highest BCUT2D eigenvalue weighted by atomic mass is 16.5. The fourth-order valence-corrected chi connectivity index (χ4v) is 3.00. The van der Waals surface area contributed by atoms with Crippen molar-refractivity contribution in [3.63, 3.8) is 0 Å². The molecule has 1 amide bonds. The molecule has 1 aliphatic heterocycles. The molecule has 0 aromatic heterocycles. The molecule has 2 aliphatic rings. The summed E-state index contributed by atoms with van der Waals surface area (Å²) in [6.07, 6.45) is 4.88. The van der Waals surface area contributed by atoms with E-state index in [9.17, 15) is 4.79 Å². The van der Waals surface area contributed by atoms with Crippen LogP contribution in [0.15, 0.2) is 5.16 Å². The summed E-state index contributed by atoms with van der Waals surface area (Å²) in [5, 5.41) is 11.7. The summed E-state index contributed by atoms with van der Waals surface area (Å²) in [6.45, 7) is 3.46. The number of amidine groups is 1. The number of carbonyl (C=O) groups excluding carboxylic acids is 1. The summed E-state index contributed by atoms with van der Waals surface area (Å²) >= 11 is 0. The molecule has 2 rings (SSSR count). The summed E-state index contributed by atoms with van der Waals surface area (Å²) in [4.78, 5) is 14.5. The van der Waals surface area contributed by atoms with Crippen LogP contribution in [0.2, 0.25) is 0 Å². The summed E-state index contributed by atoms with van der Waals surface area (Å²) in [5.74, 6) is 0.220. The number of ether oxygens (including phenoxy) is 1. The Morgan fingerprint density at radius 2 is 2.11 bits per heavy atom. The van der Waals surface area contributed by atoms with E-state index in [1.807, 2.05) is 0 Å². The molecule has 2 fully saturated rings. The molecule has 0 aromatic rings. The van der Waals surface area contributed by atoms with Crippen molar-refractivity contribution in [2.24, 2.45) is 16.3 Å². The van der Waals surface area contributed by atoms with Gasteiger partial charge in [0.15, 0.2) is 5.84 Å². The van der Waals surface area contributed by atoms with Crippen molar-refractivity contribution in [3.8, 4) is 0 Å². The van der Waals surface area contributed by atoms with Gasteiger partial charge in [-0.2, -0.15) is 0 Å². The Morgan fingerprint density at radius 3 is 2.74 bits per heavy atom. The smallest absolute Gasteiger partial charge is 0.228 e. The molecule has 3 N–H and O–H groups in total. The van der Waals surface area contributed by atoms with Gasteiger partial charge in [-0.15, -0.1) is 0 Å². The van der Waals surface area contributed by atoms with Crippen molar-refractivity contribution in [3.05, 3.63) is 0 Å². The minimum Gasteiger partial charge on any atom is -0.409 e. The molecular formula is C13H23N3O3. The van der Waals surface area contributed by atoms with E-state index in [2.05, 4.69) is 12.1 Å². The lowest BCUT2D eigenvalue weighted by molar-refractivity contribution is -0.148. The number of hydrogen-bond acceptors (Lipinski definition) is 4. The Labute approximate surface area is 113 Å². The van der Waals surface area contributed by atoms with Crippen LogP contribution in [-0.2, 0) is 9.53 Å². The first-order valence-electron chi connectivity index (χ1n) is 6.95. The van der Waals surface area contributed by atoms with E-state index < -0.39 is 6.10 Å². The molecule has 6 heteroatoms. The third-order valence-corrected chi connectivity index (χ3v) is 4.27. The van der Waals surface area contributed by atoms with E-state index in [0.29, 0.717) is 19.7 Å². The summed E-state index contributed by atoms with van der Waals surface area (Å²) in [5.41, 5.74) is 5.31. The topological polar surface area (TPSA) is 88.2 Å². The van der Waals surface area contributed by atoms with E-state index in [4.69, 9.17) is 15.7 Å². The molecule has 0 aromatic carbocycles. The van der Waals surface area contributed by atoms with E-state index >= 15 is 0 Å². The number of nitrogens with zero attached hydrogens (tertiary/aromatic N) is 2. The molecule has 1 heterocycles.